The summed E-state index contributed by atoms with van der Waals surface area (Å²) in [6.07, 6.45) is 6.58. The van der Waals surface area contributed by atoms with Crippen LogP contribution in [0.2, 0.25) is 0 Å². The van der Waals surface area contributed by atoms with Gasteiger partial charge in [-0.1, -0.05) is 36.4 Å². The van der Waals surface area contributed by atoms with Crippen LogP contribution in [0, 0.1) is 6.92 Å². The van der Waals surface area contributed by atoms with Crippen molar-refractivity contribution in [2.75, 3.05) is 19.6 Å². The first-order valence-corrected chi connectivity index (χ1v) is 10.6. The Morgan fingerprint density at radius 2 is 1.90 bits per heavy atom. The van der Waals surface area contributed by atoms with E-state index in [1.807, 2.05) is 63.8 Å². The summed E-state index contributed by atoms with van der Waals surface area (Å²) in [6.45, 7) is 4.16. The number of carbonyl (C=O) groups is 2. The van der Waals surface area contributed by atoms with Crippen LogP contribution in [0.15, 0.2) is 54.9 Å². The second-order valence-corrected chi connectivity index (χ2v) is 7.94. The maximum absolute atomic E-state index is 12.6. The predicted octanol–water partition coefficient (Wildman–Crippen LogP) is 3.23. The minimum Gasteiger partial charge on any atom is -0.340 e. The van der Waals surface area contributed by atoms with Gasteiger partial charge in [0.15, 0.2) is 0 Å². The molecule has 1 aromatic carbocycles. The fraction of sp³-hybridized carbons (Fsp3) is 0.375. The van der Waals surface area contributed by atoms with Gasteiger partial charge in [-0.2, -0.15) is 0 Å². The highest BCUT2D eigenvalue weighted by atomic mass is 16.2. The van der Waals surface area contributed by atoms with Gasteiger partial charge in [0.2, 0.25) is 11.8 Å². The molecule has 1 fully saturated rings. The van der Waals surface area contributed by atoms with Gasteiger partial charge in [0.1, 0.15) is 5.65 Å². The van der Waals surface area contributed by atoms with Gasteiger partial charge in [-0.3, -0.25) is 9.59 Å². The molecule has 0 spiro atoms. The molecule has 1 saturated heterocycles. The number of fused-ring (bicyclic) bond motifs is 1. The number of hydrogen-bond acceptors (Lipinski definition) is 3. The Balaban J connectivity index is 1.32. The van der Waals surface area contributed by atoms with Crippen LogP contribution in [0.3, 0.4) is 0 Å². The van der Waals surface area contributed by atoms with E-state index < -0.39 is 0 Å². The number of nitrogens with zero attached hydrogens (tertiary/aromatic N) is 4. The van der Waals surface area contributed by atoms with Gasteiger partial charge in [-0.15, -0.1) is 0 Å². The standard InChI is InChI=1S/C24H28N4O2/c1-19-7-6-13-28-18-21(25-24(19)28)17-27-16-15-26(14-12-23(27)30)22(29)11-5-10-20-8-3-2-4-9-20/h2-4,6-9,13,18H,5,10-12,14-17H2,1H3. The van der Waals surface area contributed by atoms with Crippen molar-refractivity contribution in [3.8, 4) is 0 Å². The molecule has 0 unspecified atom stereocenters. The average molecular weight is 405 g/mol. The van der Waals surface area contributed by atoms with E-state index in [4.69, 9.17) is 0 Å². The Labute approximate surface area is 177 Å². The monoisotopic (exact) mass is 404 g/mol. The summed E-state index contributed by atoms with van der Waals surface area (Å²) in [4.78, 5) is 33.6. The summed E-state index contributed by atoms with van der Waals surface area (Å²) in [6, 6.07) is 14.3. The molecule has 0 aliphatic carbocycles. The molecule has 1 aliphatic rings. The molecule has 4 rings (SSSR count). The fourth-order valence-corrected chi connectivity index (χ4v) is 4.01. The van der Waals surface area contributed by atoms with E-state index in [2.05, 4.69) is 17.1 Å². The lowest BCUT2D eigenvalue weighted by Crippen LogP contribution is -2.35. The van der Waals surface area contributed by atoms with Crippen LogP contribution in [-0.4, -0.2) is 50.6 Å². The first kappa shape index (κ1) is 20.1. The highest BCUT2D eigenvalue weighted by Gasteiger charge is 2.24. The maximum atomic E-state index is 12.6. The summed E-state index contributed by atoms with van der Waals surface area (Å²) >= 11 is 0. The number of benzene rings is 1. The zero-order valence-electron chi connectivity index (χ0n) is 17.5. The minimum absolute atomic E-state index is 0.0864. The fourth-order valence-electron chi connectivity index (χ4n) is 4.01. The lowest BCUT2D eigenvalue weighted by atomic mass is 10.1. The Kier molecular flexibility index (Phi) is 6.12. The van der Waals surface area contributed by atoms with Crippen molar-refractivity contribution in [3.05, 3.63) is 71.7 Å². The third kappa shape index (κ3) is 4.70. The van der Waals surface area contributed by atoms with Gasteiger partial charge in [-0.25, -0.2) is 4.98 Å². The van der Waals surface area contributed by atoms with Crippen LogP contribution in [-0.2, 0) is 22.6 Å². The summed E-state index contributed by atoms with van der Waals surface area (Å²) in [5.74, 6) is 0.229. The molecule has 6 heteroatoms. The van der Waals surface area contributed by atoms with Gasteiger partial charge in [-0.05, 0) is 37.0 Å². The highest BCUT2D eigenvalue weighted by Crippen LogP contribution is 2.15. The van der Waals surface area contributed by atoms with E-state index in [1.54, 1.807) is 0 Å². The average Bonchev–Trinajstić information content (AvgIpc) is 3.08. The second-order valence-electron chi connectivity index (χ2n) is 7.94. The number of pyridine rings is 1. The van der Waals surface area contributed by atoms with Gasteiger partial charge in [0.05, 0.1) is 12.2 Å². The molecule has 156 valence electrons. The number of aromatic nitrogens is 2. The molecule has 30 heavy (non-hydrogen) atoms. The van der Waals surface area contributed by atoms with Crippen LogP contribution >= 0.6 is 0 Å². The zero-order chi connectivity index (χ0) is 20.9. The zero-order valence-corrected chi connectivity index (χ0v) is 17.5. The molecule has 3 aromatic rings. The Morgan fingerprint density at radius 3 is 2.70 bits per heavy atom. The molecule has 0 radical (unpaired) electrons. The van der Waals surface area contributed by atoms with Gasteiger partial charge < -0.3 is 14.2 Å². The number of hydrogen-bond donors (Lipinski definition) is 0. The Bertz CT molecular complexity index is 1030. The molecule has 2 amide bonds. The first-order chi connectivity index (χ1) is 14.6. The van der Waals surface area contributed by atoms with Gasteiger partial charge in [0, 0.05) is 44.9 Å². The minimum atomic E-state index is 0.0864. The van der Waals surface area contributed by atoms with Crippen LogP contribution < -0.4 is 0 Å². The van der Waals surface area contributed by atoms with E-state index >= 15 is 0 Å². The van der Waals surface area contributed by atoms with E-state index in [0.29, 0.717) is 39.0 Å². The van der Waals surface area contributed by atoms with Crippen molar-refractivity contribution >= 4 is 17.5 Å². The topological polar surface area (TPSA) is 57.9 Å². The summed E-state index contributed by atoms with van der Waals surface area (Å²) in [7, 11) is 0. The van der Waals surface area contributed by atoms with Crippen molar-refractivity contribution < 1.29 is 9.59 Å². The van der Waals surface area contributed by atoms with E-state index in [1.165, 1.54) is 5.56 Å². The third-order valence-electron chi connectivity index (χ3n) is 5.72. The summed E-state index contributed by atoms with van der Waals surface area (Å²) in [5, 5.41) is 0. The number of amides is 2. The molecule has 3 heterocycles. The van der Waals surface area contributed by atoms with Crippen LogP contribution in [0.4, 0.5) is 0 Å². The summed E-state index contributed by atoms with van der Waals surface area (Å²) < 4.78 is 2.00. The van der Waals surface area contributed by atoms with Crippen molar-refractivity contribution in [1.82, 2.24) is 19.2 Å². The molecule has 0 saturated carbocycles. The SMILES string of the molecule is Cc1cccn2cc(CN3CCN(C(=O)CCCc4ccccc4)CCC3=O)nc12. The number of imidazole rings is 1. The maximum Gasteiger partial charge on any atom is 0.224 e. The Hall–Kier alpha value is -3.15. The third-order valence-corrected chi connectivity index (χ3v) is 5.72. The molecule has 0 bridgehead atoms. The molecule has 1 aliphatic heterocycles. The van der Waals surface area contributed by atoms with E-state index in [0.717, 1.165) is 29.7 Å². The summed E-state index contributed by atoms with van der Waals surface area (Å²) in [5.41, 5.74) is 4.16. The number of aryl methyl sites for hydroxylation is 2. The molecular formula is C24H28N4O2. The van der Waals surface area contributed by atoms with Crippen LogP contribution in [0.1, 0.15) is 36.1 Å². The lowest BCUT2D eigenvalue weighted by Gasteiger charge is -2.21. The smallest absolute Gasteiger partial charge is 0.224 e. The first-order valence-electron chi connectivity index (χ1n) is 10.6. The molecule has 0 N–H and O–H groups in total. The van der Waals surface area contributed by atoms with Crippen LogP contribution in [0.5, 0.6) is 0 Å². The normalized spacial score (nSPS) is 14.9. The molecule has 2 aromatic heterocycles. The predicted molar refractivity (Wildman–Crippen MR) is 116 cm³/mol. The van der Waals surface area contributed by atoms with Crippen LogP contribution in [0.25, 0.3) is 5.65 Å². The van der Waals surface area contributed by atoms with Gasteiger partial charge >= 0.3 is 0 Å². The quantitative estimate of drug-likeness (QED) is 0.634. The van der Waals surface area contributed by atoms with Crippen molar-refractivity contribution in [2.24, 2.45) is 0 Å². The second kappa shape index (κ2) is 9.11. The molecule has 6 nitrogen and oxygen atoms in total. The highest BCUT2D eigenvalue weighted by molar-refractivity contribution is 5.80. The Morgan fingerprint density at radius 1 is 1.07 bits per heavy atom. The van der Waals surface area contributed by atoms with E-state index in [9.17, 15) is 9.59 Å². The largest absolute Gasteiger partial charge is 0.340 e. The van der Waals surface area contributed by atoms with E-state index in [-0.39, 0.29) is 11.8 Å². The van der Waals surface area contributed by atoms with Gasteiger partial charge in [0.25, 0.3) is 0 Å². The molecular weight excluding hydrogens is 376 g/mol. The lowest BCUT2D eigenvalue weighted by molar-refractivity contribution is -0.131. The van der Waals surface area contributed by atoms with Crippen molar-refractivity contribution in [3.63, 3.8) is 0 Å². The van der Waals surface area contributed by atoms with Crippen molar-refractivity contribution in [2.45, 2.75) is 39.2 Å². The number of carbonyl (C=O) groups excluding carboxylic acids is 2. The number of rotatable bonds is 6. The van der Waals surface area contributed by atoms with Crippen molar-refractivity contribution in [1.29, 1.82) is 0 Å². The molecule has 0 atom stereocenters.